The molecule has 0 spiro atoms. The summed E-state index contributed by atoms with van der Waals surface area (Å²) in [7, 11) is 0. The van der Waals surface area contributed by atoms with Gasteiger partial charge >= 0.3 is 0 Å². The molecule has 1 aromatic carbocycles. The molecule has 0 aliphatic carbocycles. The molecule has 0 radical (unpaired) electrons. The highest BCUT2D eigenvalue weighted by Gasteiger charge is 2.25. The van der Waals surface area contributed by atoms with Crippen molar-refractivity contribution < 1.29 is 9.59 Å². The molecule has 0 fully saturated rings. The van der Waals surface area contributed by atoms with Gasteiger partial charge in [0.15, 0.2) is 0 Å². The Balaban J connectivity index is 1.66. The smallest absolute Gasteiger partial charge is 0.270 e. The quantitative estimate of drug-likeness (QED) is 0.780. The van der Waals surface area contributed by atoms with Gasteiger partial charge in [-0.25, -0.2) is 0 Å². The predicted octanol–water partition coefficient (Wildman–Crippen LogP) is 1.32. The normalized spacial score (nSPS) is 18.2. The number of rotatable bonds is 4. The summed E-state index contributed by atoms with van der Waals surface area (Å²) in [5.74, 6) is -0.570. The van der Waals surface area contributed by atoms with Crippen molar-refractivity contribution in [2.75, 3.05) is 0 Å². The summed E-state index contributed by atoms with van der Waals surface area (Å²) >= 11 is 0. The number of carbonyl (C=O) groups excluding carboxylic acids is 2. The van der Waals surface area contributed by atoms with Crippen molar-refractivity contribution in [1.82, 2.24) is 10.2 Å². The Hall–Kier alpha value is -2.90. The Morgan fingerprint density at radius 1 is 1.05 bits per heavy atom. The molecule has 3 rings (SSSR count). The summed E-state index contributed by atoms with van der Waals surface area (Å²) in [5, 5.41) is 16.8. The van der Waals surface area contributed by atoms with Crippen molar-refractivity contribution >= 4 is 23.7 Å². The van der Waals surface area contributed by atoms with Crippen LogP contribution in [0.3, 0.4) is 0 Å². The van der Waals surface area contributed by atoms with Crippen LogP contribution in [0.2, 0.25) is 0 Å². The van der Waals surface area contributed by atoms with Gasteiger partial charge in [0.05, 0.1) is 18.6 Å². The fraction of sp³-hybridized carbons (Fsp3) is 0.231. The minimum Gasteiger partial charge on any atom is -0.270 e. The van der Waals surface area contributed by atoms with Gasteiger partial charge in [0, 0.05) is 12.6 Å². The zero-order valence-electron chi connectivity index (χ0n) is 11.1. The van der Waals surface area contributed by atoms with E-state index in [4.69, 9.17) is 0 Å². The van der Waals surface area contributed by atoms with Gasteiger partial charge in [-0.1, -0.05) is 40.6 Å². The Labute approximate surface area is 120 Å². The second-order valence-electron chi connectivity index (χ2n) is 4.55. The van der Waals surface area contributed by atoms with E-state index in [2.05, 4.69) is 20.6 Å². The number of nitrogens with zero attached hydrogens (tertiary/aromatic N) is 6. The zero-order chi connectivity index (χ0) is 14.7. The number of hydrogen-bond donors (Lipinski definition) is 0. The van der Waals surface area contributed by atoms with Crippen molar-refractivity contribution in [2.45, 2.75) is 19.3 Å². The fourth-order valence-corrected chi connectivity index (χ4v) is 1.96. The molecule has 0 saturated heterocycles. The van der Waals surface area contributed by atoms with E-state index in [1.807, 2.05) is 30.3 Å². The van der Waals surface area contributed by atoms with Crippen LogP contribution in [-0.4, -0.2) is 34.0 Å². The maximum atomic E-state index is 11.8. The van der Waals surface area contributed by atoms with Crippen molar-refractivity contribution in [3.05, 3.63) is 35.9 Å². The third-order valence-electron chi connectivity index (χ3n) is 2.95. The number of hydrazone groups is 2. The zero-order valence-corrected chi connectivity index (χ0v) is 11.1. The van der Waals surface area contributed by atoms with Crippen LogP contribution < -0.4 is 0 Å². The Kier molecular flexibility index (Phi) is 3.50. The average Bonchev–Trinajstić information content (AvgIpc) is 3.04. The summed E-state index contributed by atoms with van der Waals surface area (Å²) in [6, 6.07) is 9.73. The van der Waals surface area contributed by atoms with E-state index in [-0.39, 0.29) is 24.7 Å². The lowest BCUT2D eigenvalue weighted by atomic mass is 10.1. The molecule has 0 unspecified atom stereocenters. The Morgan fingerprint density at radius 3 is 2.52 bits per heavy atom. The Bertz CT molecular complexity index is 652. The van der Waals surface area contributed by atoms with Gasteiger partial charge in [-0.3, -0.25) is 9.59 Å². The third-order valence-corrected chi connectivity index (χ3v) is 2.95. The standard InChI is InChI=1S/C13H12N6O2/c20-12-6-7-14-18(12)16-17-19-13(21)9-11(15-19)8-10-4-2-1-3-5-10/h1-5,7H,6,8-9H2. The summed E-state index contributed by atoms with van der Waals surface area (Å²) < 4.78 is 0. The molecule has 0 aromatic heterocycles. The lowest BCUT2D eigenvalue weighted by Crippen LogP contribution is -2.17. The minimum atomic E-state index is -0.293. The molecule has 106 valence electrons. The first-order valence-electron chi connectivity index (χ1n) is 6.42. The molecule has 8 heteroatoms. The van der Waals surface area contributed by atoms with E-state index < -0.39 is 0 Å². The van der Waals surface area contributed by atoms with Gasteiger partial charge in [0.1, 0.15) is 0 Å². The second kappa shape index (κ2) is 5.61. The van der Waals surface area contributed by atoms with Crippen LogP contribution in [0, 0.1) is 0 Å². The van der Waals surface area contributed by atoms with E-state index in [9.17, 15) is 9.59 Å². The maximum absolute atomic E-state index is 11.8. The van der Waals surface area contributed by atoms with Gasteiger partial charge in [0.25, 0.3) is 11.8 Å². The van der Waals surface area contributed by atoms with E-state index in [0.29, 0.717) is 12.1 Å². The lowest BCUT2D eigenvalue weighted by Gasteiger charge is -2.04. The maximum Gasteiger partial charge on any atom is 0.272 e. The highest BCUT2D eigenvalue weighted by Crippen LogP contribution is 2.14. The van der Waals surface area contributed by atoms with Crippen LogP contribution in [0.1, 0.15) is 18.4 Å². The van der Waals surface area contributed by atoms with Gasteiger partial charge in [-0.2, -0.15) is 10.2 Å². The predicted molar refractivity (Wildman–Crippen MR) is 73.9 cm³/mol. The molecule has 2 amide bonds. The Morgan fingerprint density at radius 2 is 1.81 bits per heavy atom. The molecule has 2 heterocycles. The summed E-state index contributed by atoms with van der Waals surface area (Å²) in [5.41, 5.74) is 1.78. The van der Waals surface area contributed by atoms with Gasteiger partial charge in [0.2, 0.25) is 0 Å². The molecule has 2 aliphatic heterocycles. The monoisotopic (exact) mass is 284 g/mol. The molecule has 8 nitrogen and oxygen atoms in total. The molecule has 0 bridgehead atoms. The van der Waals surface area contributed by atoms with E-state index in [1.165, 1.54) is 6.21 Å². The first-order valence-corrected chi connectivity index (χ1v) is 6.42. The fourth-order valence-electron chi connectivity index (χ4n) is 1.96. The third kappa shape index (κ3) is 2.99. The van der Waals surface area contributed by atoms with Crippen LogP contribution in [0.25, 0.3) is 0 Å². The SMILES string of the molecule is O=C1CC=NN1N=NN1N=C(Cc2ccccc2)CC1=O. The van der Waals surface area contributed by atoms with Crippen molar-refractivity contribution in [3.63, 3.8) is 0 Å². The molecule has 2 aliphatic rings. The van der Waals surface area contributed by atoms with E-state index >= 15 is 0 Å². The number of amides is 2. The highest BCUT2D eigenvalue weighted by molar-refractivity contribution is 6.05. The van der Waals surface area contributed by atoms with Crippen molar-refractivity contribution in [1.29, 1.82) is 0 Å². The molecule has 0 atom stereocenters. The molecular weight excluding hydrogens is 272 g/mol. The number of carbonyl (C=O) groups is 2. The summed E-state index contributed by atoms with van der Waals surface area (Å²) in [6.45, 7) is 0. The van der Waals surface area contributed by atoms with Crippen molar-refractivity contribution in [2.24, 2.45) is 20.6 Å². The van der Waals surface area contributed by atoms with Crippen LogP contribution >= 0.6 is 0 Å². The lowest BCUT2D eigenvalue weighted by molar-refractivity contribution is -0.132. The minimum absolute atomic E-state index is 0.190. The topological polar surface area (TPSA) is 90.1 Å². The molecule has 0 saturated carbocycles. The van der Waals surface area contributed by atoms with E-state index in [1.54, 1.807) is 0 Å². The highest BCUT2D eigenvalue weighted by atomic mass is 16.2. The first kappa shape index (κ1) is 13.1. The number of hydrogen-bond acceptors (Lipinski definition) is 6. The summed E-state index contributed by atoms with van der Waals surface area (Å²) in [6.07, 6.45) is 2.40. The van der Waals surface area contributed by atoms with E-state index in [0.717, 1.165) is 15.8 Å². The van der Waals surface area contributed by atoms with Gasteiger partial charge in [-0.05, 0) is 16.0 Å². The van der Waals surface area contributed by atoms with Crippen LogP contribution in [0.15, 0.2) is 51.0 Å². The molecule has 0 N–H and O–H groups in total. The van der Waals surface area contributed by atoms with Crippen LogP contribution in [0.5, 0.6) is 0 Å². The van der Waals surface area contributed by atoms with Crippen LogP contribution in [-0.2, 0) is 16.0 Å². The average molecular weight is 284 g/mol. The van der Waals surface area contributed by atoms with Gasteiger partial charge < -0.3 is 0 Å². The molecule has 1 aromatic rings. The molecular formula is C13H12N6O2. The second-order valence-corrected chi connectivity index (χ2v) is 4.55. The van der Waals surface area contributed by atoms with Gasteiger partial charge in [-0.15, -0.1) is 0 Å². The summed E-state index contributed by atoms with van der Waals surface area (Å²) in [4.78, 5) is 23.1. The first-order chi connectivity index (χ1) is 10.2. The van der Waals surface area contributed by atoms with Crippen molar-refractivity contribution in [3.8, 4) is 0 Å². The largest absolute Gasteiger partial charge is 0.272 e. The number of benzene rings is 1. The molecule has 21 heavy (non-hydrogen) atoms. The van der Waals surface area contributed by atoms with Crippen LogP contribution in [0.4, 0.5) is 0 Å².